The van der Waals surface area contributed by atoms with E-state index in [9.17, 15) is 27.9 Å². The number of pyridine rings is 2. The average Bonchev–Trinajstić information content (AvgIpc) is 2.89. The number of benzene rings is 2. The van der Waals surface area contributed by atoms with Gasteiger partial charge in [-0.3, -0.25) is 4.98 Å². The van der Waals surface area contributed by atoms with Gasteiger partial charge in [0.15, 0.2) is 17.7 Å². The third kappa shape index (κ3) is 7.38. The van der Waals surface area contributed by atoms with Crippen molar-refractivity contribution in [1.29, 1.82) is 0 Å². The van der Waals surface area contributed by atoms with Crippen LogP contribution in [0.2, 0.25) is 0 Å². The highest BCUT2D eigenvalue weighted by Gasteiger charge is 2.23. The Morgan fingerprint density at radius 3 is 2.08 bits per heavy atom. The number of aromatic nitrogens is 2. The third-order valence-corrected chi connectivity index (χ3v) is 6.08. The van der Waals surface area contributed by atoms with E-state index < -0.39 is 36.2 Å². The number of ether oxygens (including phenoxy) is 3. The van der Waals surface area contributed by atoms with Crippen LogP contribution in [0.4, 0.5) is 17.6 Å². The molecule has 0 radical (unpaired) electrons. The summed E-state index contributed by atoms with van der Waals surface area (Å²) < 4.78 is 66.8. The van der Waals surface area contributed by atoms with E-state index in [1.54, 1.807) is 68.7 Å². The Morgan fingerprint density at radius 2 is 1.48 bits per heavy atom. The van der Waals surface area contributed by atoms with Crippen LogP contribution in [-0.4, -0.2) is 23.3 Å². The van der Waals surface area contributed by atoms with Crippen LogP contribution in [0.25, 0.3) is 0 Å². The van der Waals surface area contributed by atoms with Crippen molar-refractivity contribution >= 4 is 0 Å². The number of aliphatic hydroxyl groups is 1. The van der Waals surface area contributed by atoms with Gasteiger partial charge in [0.2, 0.25) is 0 Å². The molecular weight excluding hydrogens is 532 g/mol. The lowest BCUT2D eigenvalue weighted by Crippen LogP contribution is -2.29. The maximum Gasteiger partial charge on any atom is 0.387 e. The van der Waals surface area contributed by atoms with Crippen molar-refractivity contribution < 1.29 is 41.6 Å². The highest BCUT2D eigenvalue weighted by molar-refractivity contribution is 5.46. The van der Waals surface area contributed by atoms with Crippen LogP contribution in [0.3, 0.4) is 0 Å². The molecule has 2 aromatic carbocycles. The smallest absolute Gasteiger partial charge is 0.387 e. The van der Waals surface area contributed by atoms with E-state index >= 15 is 0 Å². The minimum absolute atomic E-state index is 0.0233. The van der Waals surface area contributed by atoms with E-state index in [2.05, 4.69) is 14.5 Å². The van der Waals surface area contributed by atoms with Crippen LogP contribution >= 0.6 is 0 Å². The predicted molar refractivity (Wildman–Crippen MR) is 137 cm³/mol. The van der Waals surface area contributed by atoms with Crippen LogP contribution in [0.5, 0.6) is 23.1 Å². The lowest BCUT2D eigenvalue weighted by molar-refractivity contribution is -0.611. The number of rotatable bonds is 11. The summed E-state index contributed by atoms with van der Waals surface area (Å²) in [6.07, 6.45) is 4.80. The van der Waals surface area contributed by atoms with E-state index in [4.69, 9.17) is 4.74 Å². The van der Waals surface area contributed by atoms with Gasteiger partial charge in [0, 0.05) is 23.9 Å². The van der Waals surface area contributed by atoms with Crippen molar-refractivity contribution in [2.24, 2.45) is 0 Å². The molecule has 1 atom stereocenters. The van der Waals surface area contributed by atoms with Crippen LogP contribution < -0.4 is 18.9 Å². The van der Waals surface area contributed by atoms with Gasteiger partial charge in [-0.15, -0.1) is 4.73 Å². The molecule has 40 heavy (non-hydrogen) atoms. The monoisotopic (exact) mass is 558 g/mol. The second-order valence-corrected chi connectivity index (χ2v) is 9.39. The van der Waals surface area contributed by atoms with Gasteiger partial charge in [-0.2, -0.15) is 17.6 Å². The zero-order valence-electron chi connectivity index (χ0n) is 21.5. The summed E-state index contributed by atoms with van der Waals surface area (Å²) in [5.41, 5.74) is 1.39. The Balaban J connectivity index is 1.68. The minimum atomic E-state index is -3.27. The fourth-order valence-corrected chi connectivity index (χ4v) is 4.13. The number of halogens is 4. The van der Waals surface area contributed by atoms with E-state index in [-0.39, 0.29) is 5.88 Å². The van der Waals surface area contributed by atoms with Crippen molar-refractivity contribution in [3.8, 4) is 23.1 Å². The van der Waals surface area contributed by atoms with Crippen molar-refractivity contribution in [2.45, 2.75) is 45.0 Å². The molecular formula is C29H26F4N2O5. The number of hydrogen-bond donors (Lipinski definition) is 1. The lowest BCUT2D eigenvalue weighted by Gasteiger charge is -2.20. The van der Waals surface area contributed by atoms with Gasteiger partial charge >= 0.3 is 19.1 Å². The third-order valence-electron chi connectivity index (χ3n) is 6.08. The summed E-state index contributed by atoms with van der Waals surface area (Å²) in [6.45, 7) is -3.21. The zero-order valence-corrected chi connectivity index (χ0v) is 21.5. The molecule has 0 fully saturated rings. The average molecular weight is 559 g/mol. The van der Waals surface area contributed by atoms with Crippen LogP contribution in [0, 0.1) is 5.21 Å². The van der Waals surface area contributed by atoms with Gasteiger partial charge in [0.25, 0.3) is 0 Å². The Labute approximate surface area is 227 Å². The largest absolute Gasteiger partial charge is 0.616 e. The Bertz CT molecular complexity index is 1410. The number of nitrogens with zero attached hydrogens (tertiary/aromatic N) is 2. The first kappa shape index (κ1) is 28.6. The fraction of sp³-hybridized carbons (Fsp3) is 0.241. The molecule has 0 aliphatic rings. The first-order valence-corrected chi connectivity index (χ1v) is 12.2. The van der Waals surface area contributed by atoms with E-state index in [1.807, 2.05) is 0 Å². The topological polar surface area (TPSA) is 87.8 Å². The van der Waals surface area contributed by atoms with Gasteiger partial charge in [0.05, 0.1) is 11.7 Å². The Kier molecular flexibility index (Phi) is 8.73. The van der Waals surface area contributed by atoms with Gasteiger partial charge in [-0.05, 0) is 79.4 Å². The van der Waals surface area contributed by atoms with Gasteiger partial charge in [-0.25, -0.2) is 0 Å². The van der Waals surface area contributed by atoms with Gasteiger partial charge in [0.1, 0.15) is 5.75 Å². The summed E-state index contributed by atoms with van der Waals surface area (Å²) in [7, 11) is 0. The predicted octanol–water partition coefficient (Wildman–Crippen LogP) is 6.31. The molecule has 210 valence electrons. The molecule has 0 saturated carbocycles. The molecule has 2 heterocycles. The van der Waals surface area contributed by atoms with Crippen LogP contribution in [-0.2, 0) is 12.0 Å². The molecule has 7 nitrogen and oxygen atoms in total. The molecule has 0 aliphatic carbocycles. The normalized spacial score (nSPS) is 12.4. The van der Waals surface area contributed by atoms with E-state index in [0.29, 0.717) is 33.6 Å². The quantitative estimate of drug-likeness (QED) is 0.132. The summed E-state index contributed by atoms with van der Waals surface area (Å²) in [6, 6.07) is 17.0. The highest BCUT2D eigenvalue weighted by atomic mass is 19.3. The standard InChI is InChI=1S/C29H26F4N2O5/c1-29(2,36)21-5-7-22(8-6-21)38-26-10-4-20(17-35(26)37)23(15-18-11-13-34-14-12-18)19-3-9-24(39-27(30)31)25(16-19)40-28(32)33/h3-14,16-17,23,27-28,36H,15H2,1-2H3. The summed E-state index contributed by atoms with van der Waals surface area (Å²) >= 11 is 0. The lowest BCUT2D eigenvalue weighted by atomic mass is 9.87. The summed E-state index contributed by atoms with van der Waals surface area (Å²) in [5, 5.41) is 23.1. The first-order valence-electron chi connectivity index (χ1n) is 12.2. The second-order valence-electron chi connectivity index (χ2n) is 9.39. The van der Waals surface area contributed by atoms with E-state index in [1.165, 1.54) is 24.4 Å². The van der Waals surface area contributed by atoms with Crippen LogP contribution in [0.15, 0.2) is 85.3 Å². The van der Waals surface area contributed by atoms with Gasteiger partial charge < -0.3 is 24.5 Å². The van der Waals surface area contributed by atoms with Crippen molar-refractivity contribution in [3.05, 3.63) is 113 Å². The minimum Gasteiger partial charge on any atom is -0.616 e. The molecule has 0 spiro atoms. The molecule has 4 aromatic rings. The fourth-order valence-electron chi connectivity index (χ4n) is 4.13. The summed E-state index contributed by atoms with van der Waals surface area (Å²) in [5.74, 6) is -1.31. The summed E-state index contributed by atoms with van der Waals surface area (Å²) in [4.78, 5) is 3.99. The first-order chi connectivity index (χ1) is 19.0. The molecule has 0 bridgehead atoms. The Morgan fingerprint density at radius 1 is 0.850 bits per heavy atom. The maximum absolute atomic E-state index is 13.1. The van der Waals surface area contributed by atoms with E-state index in [0.717, 1.165) is 11.6 Å². The molecule has 1 N–H and O–H groups in total. The maximum atomic E-state index is 13.1. The molecule has 0 saturated heterocycles. The molecule has 1 unspecified atom stereocenters. The molecule has 4 rings (SSSR count). The molecule has 2 aromatic heterocycles. The van der Waals surface area contributed by atoms with Crippen molar-refractivity contribution in [2.75, 3.05) is 0 Å². The SMILES string of the molecule is CC(C)(O)c1ccc(Oc2ccc(C(Cc3ccncc3)c3ccc(OC(F)F)c(OC(F)F)c3)c[n+]2[O-])cc1. The molecule has 0 aliphatic heterocycles. The second kappa shape index (κ2) is 12.2. The van der Waals surface area contributed by atoms with Crippen LogP contribution in [0.1, 0.15) is 42.0 Å². The number of alkyl halides is 4. The molecule has 0 amide bonds. The van der Waals surface area contributed by atoms with Crippen molar-refractivity contribution in [1.82, 2.24) is 4.98 Å². The van der Waals surface area contributed by atoms with Gasteiger partial charge in [-0.1, -0.05) is 18.2 Å². The highest BCUT2D eigenvalue weighted by Crippen LogP contribution is 2.37. The number of hydrogen-bond acceptors (Lipinski definition) is 6. The zero-order chi connectivity index (χ0) is 28.9. The van der Waals surface area contributed by atoms with Crippen molar-refractivity contribution in [3.63, 3.8) is 0 Å². The molecule has 11 heteroatoms. The Hall–Kier alpha value is -4.38.